The van der Waals surface area contributed by atoms with Crippen molar-refractivity contribution < 1.29 is 19.8 Å². The van der Waals surface area contributed by atoms with E-state index in [2.05, 4.69) is 6.92 Å². The van der Waals surface area contributed by atoms with Crippen LogP contribution in [0, 0.1) is 0 Å². The van der Waals surface area contributed by atoms with E-state index < -0.39 is 5.97 Å². The minimum Gasteiger partial charge on any atom is -0.478 e. The summed E-state index contributed by atoms with van der Waals surface area (Å²) in [6.45, 7) is 2.84. The first-order chi connectivity index (χ1) is 13.0. The summed E-state index contributed by atoms with van der Waals surface area (Å²) in [5.41, 5.74) is 1.32. The van der Waals surface area contributed by atoms with Crippen LogP contribution in [0.15, 0.2) is 24.3 Å². The number of carbonyl (C=O) groups is 2. The molecule has 1 aromatic carbocycles. The number of aliphatic hydroxyl groups excluding tert-OH is 1. The van der Waals surface area contributed by atoms with Gasteiger partial charge in [0.05, 0.1) is 11.7 Å². The lowest BCUT2D eigenvalue weighted by atomic mass is 10.0. The number of aromatic carboxylic acids is 1. The highest BCUT2D eigenvalue weighted by Crippen LogP contribution is 2.24. The average molecular weight is 376 g/mol. The maximum Gasteiger partial charge on any atom is 0.335 e. The van der Waals surface area contributed by atoms with Crippen LogP contribution in [0.2, 0.25) is 0 Å². The van der Waals surface area contributed by atoms with Gasteiger partial charge in [0.15, 0.2) is 0 Å². The van der Waals surface area contributed by atoms with E-state index in [0.29, 0.717) is 13.0 Å². The molecule has 0 aromatic heterocycles. The zero-order valence-corrected chi connectivity index (χ0v) is 16.4. The molecular formula is C22H33NO4. The standard InChI is InChI=1S/C22H33NO4/c1-2-3-4-5-6-20(24)13-11-19-12-14-21(25)23(19)16-15-17-7-9-18(10-8-17)22(26)27/h7-10,19-20,24H,2-6,11-16H2,1H3,(H,26,27)/t19-,20+/m0/s1. The van der Waals surface area contributed by atoms with Crippen LogP contribution in [0.1, 0.15) is 80.6 Å². The quantitative estimate of drug-likeness (QED) is 0.541. The Morgan fingerprint density at radius 1 is 1.19 bits per heavy atom. The largest absolute Gasteiger partial charge is 0.478 e. The SMILES string of the molecule is CCCCCC[C@@H](O)CC[C@H]1CCC(=O)N1CCc1ccc(C(=O)O)cc1. The Hall–Kier alpha value is -1.88. The highest BCUT2D eigenvalue weighted by atomic mass is 16.4. The van der Waals surface area contributed by atoms with Crippen LogP contribution in [0.25, 0.3) is 0 Å². The number of hydrogen-bond donors (Lipinski definition) is 2. The summed E-state index contributed by atoms with van der Waals surface area (Å²) in [7, 11) is 0. The van der Waals surface area contributed by atoms with Crippen LogP contribution in [0.5, 0.6) is 0 Å². The van der Waals surface area contributed by atoms with Crippen LogP contribution < -0.4 is 0 Å². The molecule has 1 aliphatic rings. The first kappa shape index (κ1) is 21.4. The summed E-state index contributed by atoms with van der Waals surface area (Å²) >= 11 is 0. The molecule has 150 valence electrons. The molecule has 2 atom stereocenters. The van der Waals surface area contributed by atoms with Crippen molar-refractivity contribution in [3.8, 4) is 0 Å². The van der Waals surface area contributed by atoms with E-state index in [1.165, 1.54) is 19.3 Å². The second-order valence-electron chi connectivity index (χ2n) is 7.61. The average Bonchev–Trinajstić information content (AvgIpc) is 3.02. The van der Waals surface area contributed by atoms with Crippen molar-refractivity contribution in [2.24, 2.45) is 0 Å². The fourth-order valence-electron chi connectivity index (χ4n) is 3.80. The third-order valence-corrected chi connectivity index (χ3v) is 5.52. The van der Waals surface area contributed by atoms with Gasteiger partial charge >= 0.3 is 5.97 Å². The Morgan fingerprint density at radius 2 is 1.93 bits per heavy atom. The molecule has 0 saturated carbocycles. The van der Waals surface area contributed by atoms with Crippen LogP contribution >= 0.6 is 0 Å². The Bertz CT molecular complexity index is 599. The smallest absolute Gasteiger partial charge is 0.335 e. The fourth-order valence-corrected chi connectivity index (χ4v) is 3.80. The summed E-state index contributed by atoms with van der Waals surface area (Å²) in [4.78, 5) is 25.1. The number of amides is 1. The second kappa shape index (κ2) is 11.1. The number of carbonyl (C=O) groups excluding carboxylic acids is 1. The molecular weight excluding hydrogens is 342 g/mol. The van der Waals surface area contributed by atoms with Gasteiger partial charge in [0, 0.05) is 19.0 Å². The number of unbranched alkanes of at least 4 members (excludes halogenated alkanes) is 3. The van der Waals surface area contributed by atoms with Gasteiger partial charge in [0.1, 0.15) is 0 Å². The maximum atomic E-state index is 12.2. The summed E-state index contributed by atoms with van der Waals surface area (Å²) in [5.74, 6) is -0.732. The van der Waals surface area contributed by atoms with Crippen molar-refractivity contribution in [3.05, 3.63) is 35.4 Å². The van der Waals surface area contributed by atoms with Crippen LogP contribution in [0.3, 0.4) is 0 Å². The van der Waals surface area contributed by atoms with E-state index in [4.69, 9.17) is 5.11 Å². The Labute approximate surface area is 162 Å². The van der Waals surface area contributed by atoms with E-state index in [1.54, 1.807) is 12.1 Å². The number of aliphatic hydroxyl groups is 1. The Balaban J connectivity index is 1.77. The van der Waals surface area contributed by atoms with Crippen molar-refractivity contribution in [1.82, 2.24) is 4.90 Å². The van der Waals surface area contributed by atoms with Gasteiger partial charge in [-0.25, -0.2) is 4.79 Å². The molecule has 5 heteroatoms. The lowest BCUT2D eigenvalue weighted by Crippen LogP contribution is -2.35. The van der Waals surface area contributed by atoms with E-state index in [-0.39, 0.29) is 23.6 Å². The highest BCUT2D eigenvalue weighted by Gasteiger charge is 2.30. The molecule has 1 heterocycles. The van der Waals surface area contributed by atoms with E-state index in [0.717, 1.165) is 44.1 Å². The van der Waals surface area contributed by atoms with Gasteiger partial charge in [-0.3, -0.25) is 4.79 Å². The number of carboxylic acid groups (broad SMARTS) is 1. The van der Waals surface area contributed by atoms with Crippen LogP contribution in [-0.4, -0.2) is 45.7 Å². The topological polar surface area (TPSA) is 77.8 Å². The number of carboxylic acids is 1. The third-order valence-electron chi connectivity index (χ3n) is 5.52. The Kier molecular flexibility index (Phi) is 8.79. The molecule has 1 aromatic rings. The van der Waals surface area contributed by atoms with Gasteiger partial charge in [0.2, 0.25) is 5.91 Å². The van der Waals surface area contributed by atoms with Gasteiger partial charge in [-0.05, 0) is 49.8 Å². The lowest BCUT2D eigenvalue weighted by molar-refractivity contribution is -0.129. The molecule has 1 fully saturated rings. The molecule has 5 nitrogen and oxygen atoms in total. The normalized spacial score (nSPS) is 18.1. The van der Waals surface area contributed by atoms with E-state index in [1.807, 2.05) is 17.0 Å². The number of likely N-dealkylation sites (tertiary alicyclic amines) is 1. The molecule has 0 unspecified atom stereocenters. The molecule has 0 radical (unpaired) electrons. The predicted octanol–water partition coefficient (Wildman–Crippen LogP) is 4.03. The summed E-state index contributed by atoms with van der Waals surface area (Å²) in [6.07, 6.45) is 9.10. The van der Waals surface area contributed by atoms with E-state index >= 15 is 0 Å². The molecule has 0 bridgehead atoms. The number of rotatable bonds is 12. The number of benzene rings is 1. The number of hydrogen-bond acceptors (Lipinski definition) is 3. The first-order valence-corrected chi connectivity index (χ1v) is 10.3. The van der Waals surface area contributed by atoms with Crippen molar-refractivity contribution >= 4 is 11.9 Å². The molecule has 27 heavy (non-hydrogen) atoms. The van der Waals surface area contributed by atoms with Crippen molar-refractivity contribution in [2.75, 3.05) is 6.54 Å². The highest BCUT2D eigenvalue weighted by molar-refractivity contribution is 5.87. The van der Waals surface area contributed by atoms with Crippen LogP contribution in [0.4, 0.5) is 0 Å². The Morgan fingerprint density at radius 3 is 2.59 bits per heavy atom. The summed E-state index contributed by atoms with van der Waals surface area (Å²) in [5, 5.41) is 19.1. The molecule has 2 rings (SSSR count). The van der Waals surface area contributed by atoms with Crippen molar-refractivity contribution in [3.63, 3.8) is 0 Å². The van der Waals surface area contributed by atoms with Gasteiger partial charge in [-0.2, -0.15) is 0 Å². The summed E-state index contributed by atoms with van der Waals surface area (Å²) in [6, 6.07) is 7.07. The minimum absolute atomic E-state index is 0.194. The van der Waals surface area contributed by atoms with Gasteiger partial charge < -0.3 is 15.1 Å². The third kappa shape index (κ3) is 6.98. The van der Waals surface area contributed by atoms with Crippen molar-refractivity contribution in [2.45, 2.75) is 83.3 Å². The zero-order valence-electron chi connectivity index (χ0n) is 16.4. The zero-order chi connectivity index (χ0) is 19.6. The maximum absolute atomic E-state index is 12.2. The minimum atomic E-state index is -0.926. The molecule has 1 amide bonds. The monoisotopic (exact) mass is 375 g/mol. The van der Waals surface area contributed by atoms with E-state index in [9.17, 15) is 14.7 Å². The lowest BCUT2D eigenvalue weighted by Gasteiger charge is -2.26. The number of nitrogens with zero attached hydrogens (tertiary/aromatic N) is 1. The second-order valence-corrected chi connectivity index (χ2v) is 7.61. The molecule has 2 N–H and O–H groups in total. The predicted molar refractivity (Wildman–Crippen MR) is 106 cm³/mol. The fraction of sp³-hybridized carbons (Fsp3) is 0.636. The molecule has 0 spiro atoms. The molecule has 1 aliphatic heterocycles. The molecule has 1 saturated heterocycles. The van der Waals surface area contributed by atoms with Gasteiger partial charge in [-0.1, -0.05) is 44.7 Å². The van der Waals surface area contributed by atoms with Crippen molar-refractivity contribution in [1.29, 1.82) is 0 Å². The molecule has 0 aliphatic carbocycles. The van der Waals surface area contributed by atoms with Gasteiger partial charge in [-0.15, -0.1) is 0 Å². The van der Waals surface area contributed by atoms with Gasteiger partial charge in [0.25, 0.3) is 0 Å². The van der Waals surface area contributed by atoms with Crippen LogP contribution in [-0.2, 0) is 11.2 Å². The first-order valence-electron chi connectivity index (χ1n) is 10.3. The summed E-state index contributed by atoms with van der Waals surface area (Å²) < 4.78 is 0.